The van der Waals surface area contributed by atoms with E-state index in [9.17, 15) is 9.59 Å². The van der Waals surface area contributed by atoms with Gasteiger partial charge in [0.2, 0.25) is 5.91 Å². The van der Waals surface area contributed by atoms with Crippen LogP contribution < -0.4 is 5.32 Å². The first kappa shape index (κ1) is 13.2. The van der Waals surface area contributed by atoms with E-state index in [4.69, 9.17) is 4.74 Å². The Morgan fingerprint density at radius 2 is 2.12 bits per heavy atom. The van der Waals surface area contributed by atoms with Gasteiger partial charge < -0.3 is 10.1 Å². The molecular weight excluding hydrogens is 218 g/mol. The van der Waals surface area contributed by atoms with E-state index in [-0.39, 0.29) is 11.9 Å². The highest BCUT2D eigenvalue weighted by Gasteiger charge is 2.03. The van der Waals surface area contributed by atoms with E-state index in [0.717, 1.165) is 11.3 Å². The van der Waals surface area contributed by atoms with Crippen LogP contribution in [-0.2, 0) is 20.7 Å². The van der Waals surface area contributed by atoms with E-state index >= 15 is 0 Å². The molecule has 0 atom stereocenters. The maximum Gasteiger partial charge on any atom is 0.306 e. The molecule has 0 bridgehead atoms. The summed E-state index contributed by atoms with van der Waals surface area (Å²) in [6.45, 7) is 3.66. The summed E-state index contributed by atoms with van der Waals surface area (Å²) >= 11 is 0. The molecule has 1 amide bonds. The Morgan fingerprint density at radius 1 is 1.35 bits per heavy atom. The van der Waals surface area contributed by atoms with Crippen LogP contribution in [0.25, 0.3) is 0 Å². The predicted octanol–water partition coefficient (Wildman–Crippen LogP) is 2.14. The van der Waals surface area contributed by atoms with Crippen molar-refractivity contribution in [2.24, 2.45) is 0 Å². The van der Waals surface area contributed by atoms with Crippen molar-refractivity contribution in [1.82, 2.24) is 0 Å². The highest BCUT2D eigenvalue weighted by atomic mass is 16.5. The summed E-state index contributed by atoms with van der Waals surface area (Å²) in [4.78, 5) is 22.1. The van der Waals surface area contributed by atoms with Crippen molar-refractivity contribution >= 4 is 17.6 Å². The number of carbonyl (C=O) groups excluding carboxylic acids is 2. The van der Waals surface area contributed by atoms with Gasteiger partial charge >= 0.3 is 5.97 Å². The van der Waals surface area contributed by atoms with Crippen molar-refractivity contribution < 1.29 is 14.3 Å². The van der Waals surface area contributed by atoms with Gasteiger partial charge in [0.15, 0.2) is 0 Å². The van der Waals surface area contributed by atoms with Gasteiger partial charge in [-0.15, -0.1) is 0 Å². The molecular formula is C13H17NO3. The lowest BCUT2D eigenvalue weighted by Gasteiger charge is -2.05. The number of amides is 1. The fraction of sp³-hybridized carbons (Fsp3) is 0.385. The maximum absolute atomic E-state index is 11.2. The molecule has 0 aliphatic rings. The lowest BCUT2D eigenvalue weighted by molar-refractivity contribution is -0.143. The van der Waals surface area contributed by atoms with Crippen molar-refractivity contribution in [1.29, 1.82) is 0 Å². The van der Waals surface area contributed by atoms with E-state index in [0.29, 0.717) is 19.4 Å². The summed E-state index contributed by atoms with van der Waals surface area (Å²) in [7, 11) is 0. The number of carbonyl (C=O) groups is 2. The van der Waals surface area contributed by atoms with Gasteiger partial charge in [-0.1, -0.05) is 12.1 Å². The Labute approximate surface area is 101 Å². The molecule has 1 aromatic rings. The standard InChI is InChI=1S/C13H17NO3/c1-3-17-13(16)8-7-11-5-4-6-12(9-11)14-10(2)15/h4-6,9H,3,7-8H2,1-2H3,(H,14,15). The van der Waals surface area contributed by atoms with Crippen LogP contribution in [0, 0.1) is 0 Å². The number of hydrogen-bond acceptors (Lipinski definition) is 3. The van der Waals surface area contributed by atoms with Crippen LogP contribution >= 0.6 is 0 Å². The van der Waals surface area contributed by atoms with Crippen LogP contribution in [0.5, 0.6) is 0 Å². The van der Waals surface area contributed by atoms with Gasteiger partial charge in [0.25, 0.3) is 0 Å². The third-order valence-corrected chi connectivity index (χ3v) is 2.17. The SMILES string of the molecule is CCOC(=O)CCc1cccc(NC(C)=O)c1. The molecule has 1 rings (SSSR count). The molecule has 1 aromatic carbocycles. The third-order valence-electron chi connectivity index (χ3n) is 2.17. The second-order valence-corrected chi connectivity index (χ2v) is 3.69. The van der Waals surface area contributed by atoms with Crippen molar-refractivity contribution in [3.63, 3.8) is 0 Å². The average molecular weight is 235 g/mol. The molecule has 0 fully saturated rings. The molecule has 0 heterocycles. The number of anilines is 1. The molecule has 0 aliphatic heterocycles. The molecule has 1 N–H and O–H groups in total. The molecule has 0 saturated heterocycles. The second-order valence-electron chi connectivity index (χ2n) is 3.69. The average Bonchev–Trinajstić information content (AvgIpc) is 2.26. The van der Waals surface area contributed by atoms with E-state index < -0.39 is 0 Å². The van der Waals surface area contributed by atoms with Gasteiger partial charge in [-0.2, -0.15) is 0 Å². The van der Waals surface area contributed by atoms with Gasteiger partial charge in [0.1, 0.15) is 0 Å². The fourth-order valence-electron chi connectivity index (χ4n) is 1.49. The molecule has 17 heavy (non-hydrogen) atoms. The van der Waals surface area contributed by atoms with Crippen molar-refractivity contribution in [3.8, 4) is 0 Å². The number of ether oxygens (including phenoxy) is 1. The zero-order valence-corrected chi connectivity index (χ0v) is 10.2. The number of hydrogen-bond donors (Lipinski definition) is 1. The van der Waals surface area contributed by atoms with Gasteiger partial charge in [-0.3, -0.25) is 9.59 Å². The molecule has 0 saturated carbocycles. The Kier molecular flexibility index (Phi) is 5.20. The molecule has 4 nitrogen and oxygen atoms in total. The van der Waals surface area contributed by atoms with E-state index in [1.807, 2.05) is 24.3 Å². The molecule has 4 heteroatoms. The minimum Gasteiger partial charge on any atom is -0.466 e. The quantitative estimate of drug-likeness (QED) is 0.795. The van der Waals surface area contributed by atoms with Gasteiger partial charge in [-0.05, 0) is 31.0 Å². The van der Waals surface area contributed by atoms with E-state index in [1.165, 1.54) is 6.92 Å². The molecule has 0 aliphatic carbocycles. The van der Waals surface area contributed by atoms with Gasteiger partial charge in [0, 0.05) is 19.0 Å². The predicted molar refractivity (Wildman–Crippen MR) is 65.7 cm³/mol. The van der Waals surface area contributed by atoms with Crippen LogP contribution in [0.15, 0.2) is 24.3 Å². The van der Waals surface area contributed by atoms with E-state index in [2.05, 4.69) is 5.32 Å². The smallest absolute Gasteiger partial charge is 0.306 e. The van der Waals surface area contributed by atoms with Crippen LogP contribution in [0.4, 0.5) is 5.69 Å². The van der Waals surface area contributed by atoms with Crippen molar-refractivity contribution in [2.45, 2.75) is 26.7 Å². The summed E-state index contributed by atoms with van der Waals surface area (Å²) < 4.78 is 4.85. The minimum absolute atomic E-state index is 0.104. The fourth-order valence-corrected chi connectivity index (χ4v) is 1.49. The first-order chi connectivity index (χ1) is 8.11. The van der Waals surface area contributed by atoms with Crippen LogP contribution in [0.1, 0.15) is 25.8 Å². The number of nitrogens with one attached hydrogen (secondary N) is 1. The minimum atomic E-state index is -0.197. The molecule has 0 spiro atoms. The second kappa shape index (κ2) is 6.68. The zero-order valence-electron chi connectivity index (χ0n) is 10.2. The van der Waals surface area contributed by atoms with Gasteiger partial charge in [0.05, 0.1) is 6.61 Å². The summed E-state index contributed by atoms with van der Waals surface area (Å²) in [5.74, 6) is -0.301. The Bertz CT molecular complexity index is 401. The third kappa shape index (κ3) is 5.15. The normalized spacial score (nSPS) is 9.76. The first-order valence-corrected chi connectivity index (χ1v) is 5.64. The highest BCUT2D eigenvalue weighted by molar-refractivity contribution is 5.88. The van der Waals surface area contributed by atoms with Crippen LogP contribution in [0.2, 0.25) is 0 Å². The summed E-state index contributed by atoms with van der Waals surface area (Å²) in [5, 5.41) is 2.70. The molecule has 0 aromatic heterocycles. The monoisotopic (exact) mass is 235 g/mol. The van der Waals surface area contributed by atoms with Crippen molar-refractivity contribution in [2.75, 3.05) is 11.9 Å². The highest BCUT2D eigenvalue weighted by Crippen LogP contribution is 2.12. The lowest BCUT2D eigenvalue weighted by atomic mass is 10.1. The Hall–Kier alpha value is -1.84. The Balaban J connectivity index is 2.53. The van der Waals surface area contributed by atoms with Gasteiger partial charge in [-0.25, -0.2) is 0 Å². The molecule has 0 radical (unpaired) electrons. The summed E-state index contributed by atoms with van der Waals surface area (Å²) in [6, 6.07) is 7.45. The zero-order chi connectivity index (χ0) is 12.7. The number of aryl methyl sites for hydroxylation is 1. The largest absolute Gasteiger partial charge is 0.466 e. The van der Waals surface area contributed by atoms with Crippen molar-refractivity contribution in [3.05, 3.63) is 29.8 Å². The molecule has 0 unspecified atom stereocenters. The maximum atomic E-state index is 11.2. The van der Waals surface area contributed by atoms with E-state index in [1.54, 1.807) is 6.92 Å². The van der Waals surface area contributed by atoms with Crippen LogP contribution in [0.3, 0.4) is 0 Å². The first-order valence-electron chi connectivity index (χ1n) is 5.64. The number of esters is 1. The van der Waals surface area contributed by atoms with Crippen LogP contribution in [-0.4, -0.2) is 18.5 Å². The number of rotatable bonds is 5. The number of benzene rings is 1. The summed E-state index contributed by atoms with van der Waals surface area (Å²) in [6.07, 6.45) is 0.976. The Morgan fingerprint density at radius 3 is 2.76 bits per heavy atom. The molecule has 92 valence electrons. The topological polar surface area (TPSA) is 55.4 Å². The lowest BCUT2D eigenvalue weighted by Crippen LogP contribution is -2.07. The summed E-state index contributed by atoms with van der Waals surface area (Å²) in [5.41, 5.74) is 1.75.